The lowest BCUT2D eigenvalue weighted by molar-refractivity contribution is 0.183. The van der Waals surface area contributed by atoms with Crippen LogP contribution in [0.5, 0.6) is 0 Å². The topological polar surface area (TPSA) is 29.5 Å². The van der Waals surface area contributed by atoms with Crippen molar-refractivity contribution < 1.29 is 9.53 Å². The standard InChI is InChI=1S/C15H32O2Si/c1-15(2,3)18(4,5)17-12-14-9-6-8-13(14)10-7-11-16/h13-14,16H,6-12H2,1-5H3/t13-,14+/m0/s1. The molecule has 0 aromatic rings. The number of rotatable bonds is 6. The SMILES string of the molecule is CC(C)(C)[Si](C)(C)OC[C@H]1CCC[C@H]1CCCO. The number of aliphatic hydroxyl groups is 1. The van der Waals surface area contributed by atoms with Gasteiger partial charge in [-0.2, -0.15) is 0 Å². The highest BCUT2D eigenvalue weighted by Crippen LogP contribution is 2.40. The highest BCUT2D eigenvalue weighted by atomic mass is 28.4. The maximum absolute atomic E-state index is 8.95. The Balaban J connectivity index is 2.42. The van der Waals surface area contributed by atoms with Crippen LogP contribution in [0.1, 0.15) is 52.9 Å². The van der Waals surface area contributed by atoms with Gasteiger partial charge in [-0.3, -0.25) is 0 Å². The largest absolute Gasteiger partial charge is 0.417 e. The first-order valence-corrected chi connectivity index (χ1v) is 10.4. The second-order valence-electron chi connectivity index (χ2n) is 7.39. The van der Waals surface area contributed by atoms with Gasteiger partial charge in [0.1, 0.15) is 0 Å². The van der Waals surface area contributed by atoms with Gasteiger partial charge in [0.15, 0.2) is 8.32 Å². The molecule has 0 spiro atoms. The van der Waals surface area contributed by atoms with Crippen LogP contribution in [0.25, 0.3) is 0 Å². The summed E-state index contributed by atoms with van der Waals surface area (Å²) >= 11 is 0. The summed E-state index contributed by atoms with van der Waals surface area (Å²) in [7, 11) is -1.58. The number of aliphatic hydroxyl groups excluding tert-OH is 1. The van der Waals surface area contributed by atoms with Crippen molar-refractivity contribution in [2.45, 2.75) is 71.0 Å². The molecule has 2 nitrogen and oxygen atoms in total. The monoisotopic (exact) mass is 272 g/mol. The lowest BCUT2D eigenvalue weighted by Crippen LogP contribution is -2.42. The lowest BCUT2D eigenvalue weighted by atomic mass is 9.92. The van der Waals surface area contributed by atoms with Gasteiger partial charge in [0.2, 0.25) is 0 Å². The fourth-order valence-electron chi connectivity index (χ4n) is 2.60. The summed E-state index contributed by atoms with van der Waals surface area (Å²) in [4.78, 5) is 0. The summed E-state index contributed by atoms with van der Waals surface area (Å²) in [5.74, 6) is 1.53. The Morgan fingerprint density at radius 3 is 2.33 bits per heavy atom. The van der Waals surface area contributed by atoms with E-state index in [9.17, 15) is 0 Å². The van der Waals surface area contributed by atoms with Gasteiger partial charge < -0.3 is 9.53 Å². The second kappa shape index (κ2) is 6.53. The van der Waals surface area contributed by atoms with Gasteiger partial charge in [-0.1, -0.05) is 33.6 Å². The molecule has 3 heteroatoms. The molecule has 0 amide bonds. The summed E-state index contributed by atoms with van der Waals surface area (Å²) in [6.45, 7) is 12.9. The molecule has 1 rings (SSSR count). The first-order valence-electron chi connectivity index (χ1n) is 7.53. The molecule has 0 aromatic carbocycles. The first-order chi connectivity index (χ1) is 8.28. The van der Waals surface area contributed by atoms with Crippen LogP contribution < -0.4 is 0 Å². The van der Waals surface area contributed by atoms with Crippen LogP contribution in [0.15, 0.2) is 0 Å². The van der Waals surface area contributed by atoms with Gasteiger partial charge in [0.25, 0.3) is 0 Å². The van der Waals surface area contributed by atoms with E-state index in [0.29, 0.717) is 11.6 Å². The van der Waals surface area contributed by atoms with Crippen LogP contribution in [0.3, 0.4) is 0 Å². The molecule has 0 unspecified atom stereocenters. The van der Waals surface area contributed by atoms with Gasteiger partial charge >= 0.3 is 0 Å². The van der Waals surface area contributed by atoms with E-state index in [4.69, 9.17) is 9.53 Å². The van der Waals surface area contributed by atoms with E-state index in [2.05, 4.69) is 33.9 Å². The third-order valence-electron chi connectivity index (χ3n) is 5.01. The van der Waals surface area contributed by atoms with Crippen molar-refractivity contribution in [2.24, 2.45) is 11.8 Å². The van der Waals surface area contributed by atoms with Crippen LogP contribution in [0, 0.1) is 11.8 Å². The Morgan fingerprint density at radius 1 is 1.17 bits per heavy atom. The van der Waals surface area contributed by atoms with Crippen molar-refractivity contribution in [1.29, 1.82) is 0 Å². The Bertz CT molecular complexity index is 245. The summed E-state index contributed by atoms with van der Waals surface area (Å²) < 4.78 is 6.36. The van der Waals surface area contributed by atoms with Crippen LogP contribution in [0.2, 0.25) is 18.1 Å². The highest BCUT2D eigenvalue weighted by molar-refractivity contribution is 6.74. The van der Waals surface area contributed by atoms with Crippen molar-refractivity contribution >= 4 is 8.32 Å². The van der Waals surface area contributed by atoms with E-state index >= 15 is 0 Å². The van der Waals surface area contributed by atoms with Crippen LogP contribution in [-0.4, -0.2) is 26.6 Å². The Morgan fingerprint density at radius 2 is 1.78 bits per heavy atom. The number of hydrogen-bond donors (Lipinski definition) is 1. The van der Waals surface area contributed by atoms with E-state index in [0.717, 1.165) is 24.9 Å². The maximum Gasteiger partial charge on any atom is 0.191 e. The number of hydrogen-bond acceptors (Lipinski definition) is 2. The third-order valence-corrected chi connectivity index (χ3v) is 9.51. The molecule has 1 saturated carbocycles. The zero-order valence-corrected chi connectivity index (χ0v) is 14.0. The zero-order valence-electron chi connectivity index (χ0n) is 13.0. The van der Waals surface area contributed by atoms with Crippen molar-refractivity contribution in [1.82, 2.24) is 0 Å². The van der Waals surface area contributed by atoms with E-state index in [1.54, 1.807) is 0 Å². The summed E-state index contributed by atoms with van der Waals surface area (Å²) in [6, 6.07) is 0. The molecule has 2 atom stereocenters. The van der Waals surface area contributed by atoms with Crippen molar-refractivity contribution in [3.05, 3.63) is 0 Å². The molecule has 18 heavy (non-hydrogen) atoms. The minimum absolute atomic E-state index is 0.312. The van der Waals surface area contributed by atoms with E-state index < -0.39 is 8.32 Å². The average molecular weight is 273 g/mol. The van der Waals surface area contributed by atoms with Crippen molar-refractivity contribution in [2.75, 3.05) is 13.2 Å². The highest BCUT2D eigenvalue weighted by Gasteiger charge is 2.38. The molecule has 1 aliphatic rings. The predicted octanol–water partition coefficient (Wildman–Crippen LogP) is 4.20. The Kier molecular flexibility index (Phi) is 5.88. The lowest BCUT2D eigenvalue weighted by Gasteiger charge is -2.37. The molecule has 0 saturated heterocycles. The van der Waals surface area contributed by atoms with Crippen LogP contribution in [-0.2, 0) is 4.43 Å². The van der Waals surface area contributed by atoms with Crippen LogP contribution >= 0.6 is 0 Å². The third kappa shape index (κ3) is 4.36. The molecule has 1 aliphatic carbocycles. The molecule has 0 aliphatic heterocycles. The molecule has 0 bridgehead atoms. The maximum atomic E-state index is 8.95. The zero-order chi connectivity index (χ0) is 13.8. The van der Waals surface area contributed by atoms with Gasteiger partial charge in [0.05, 0.1) is 0 Å². The van der Waals surface area contributed by atoms with Gasteiger partial charge in [-0.05, 0) is 49.2 Å². The molecule has 0 aromatic heterocycles. The fraction of sp³-hybridized carbons (Fsp3) is 1.00. The second-order valence-corrected chi connectivity index (χ2v) is 12.2. The van der Waals surface area contributed by atoms with Crippen LogP contribution in [0.4, 0.5) is 0 Å². The summed E-state index contributed by atoms with van der Waals surface area (Å²) in [5.41, 5.74) is 0. The summed E-state index contributed by atoms with van der Waals surface area (Å²) in [5, 5.41) is 9.27. The molecular formula is C15H32O2Si. The minimum atomic E-state index is -1.58. The first kappa shape index (κ1) is 16.2. The van der Waals surface area contributed by atoms with Gasteiger partial charge in [-0.25, -0.2) is 0 Å². The van der Waals surface area contributed by atoms with Gasteiger partial charge in [0, 0.05) is 13.2 Å². The van der Waals surface area contributed by atoms with E-state index in [-0.39, 0.29) is 0 Å². The summed E-state index contributed by atoms with van der Waals surface area (Å²) in [6.07, 6.45) is 6.15. The molecule has 0 heterocycles. The predicted molar refractivity (Wildman–Crippen MR) is 80.3 cm³/mol. The quantitative estimate of drug-likeness (QED) is 0.734. The molecule has 1 fully saturated rings. The molecule has 0 radical (unpaired) electrons. The van der Waals surface area contributed by atoms with E-state index in [1.165, 1.54) is 25.7 Å². The van der Waals surface area contributed by atoms with Crippen molar-refractivity contribution in [3.63, 3.8) is 0 Å². The van der Waals surface area contributed by atoms with Crippen molar-refractivity contribution in [3.8, 4) is 0 Å². The Labute approximate surface area is 114 Å². The Hall–Kier alpha value is 0.137. The molecular weight excluding hydrogens is 240 g/mol. The van der Waals surface area contributed by atoms with E-state index in [1.807, 2.05) is 0 Å². The average Bonchev–Trinajstić information content (AvgIpc) is 2.69. The molecule has 1 N–H and O–H groups in total. The minimum Gasteiger partial charge on any atom is -0.417 e. The smallest absolute Gasteiger partial charge is 0.191 e. The normalized spacial score (nSPS) is 25.7. The molecule has 108 valence electrons. The fourth-order valence-corrected chi connectivity index (χ4v) is 3.66. The van der Waals surface area contributed by atoms with Gasteiger partial charge in [-0.15, -0.1) is 0 Å².